The molecule has 2 atom stereocenters. The standard InChI is InChI=1S/C11H18N6S/c1-4-9(12)10(8-5-14-17(3)6-8)18-11-15-13-7-16(11)2/h5-7,9-10H,4,12H2,1-3H3. The van der Waals surface area contributed by atoms with Gasteiger partial charge in [-0.25, -0.2) is 0 Å². The van der Waals surface area contributed by atoms with Crippen LogP contribution in [0.15, 0.2) is 23.9 Å². The van der Waals surface area contributed by atoms with E-state index in [2.05, 4.69) is 22.2 Å². The Labute approximate surface area is 111 Å². The van der Waals surface area contributed by atoms with Gasteiger partial charge >= 0.3 is 0 Å². The average Bonchev–Trinajstić information content (AvgIpc) is 2.94. The SMILES string of the molecule is CCC(N)C(Sc1nncn1C)c1cnn(C)c1. The predicted molar refractivity (Wildman–Crippen MR) is 71.1 cm³/mol. The van der Waals surface area contributed by atoms with Crippen LogP contribution in [0.3, 0.4) is 0 Å². The lowest BCUT2D eigenvalue weighted by molar-refractivity contribution is 0.629. The third-order valence-electron chi connectivity index (χ3n) is 2.82. The highest BCUT2D eigenvalue weighted by Gasteiger charge is 2.23. The summed E-state index contributed by atoms with van der Waals surface area (Å²) in [6, 6.07) is 0.0656. The van der Waals surface area contributed by atoms with Crippen LogP contribution in [0.1, 0.15) is 24.2 Å². The Morgan fingerprint density at radius 3 is 2.72 bits per heavy atom. The van der Waals surface area contributed by atoms with E-state index in [9.17, 15) is 0 Å². The van der Waals surface area contributed by atoms with Crippen molar-refractivity contribution in [2.75, 3.05) is 0 Å². The molecule has 2 aromatic heterocycles. The van der Waals surface area contributed by atoms with Gasteiger partial charge in [-0.2, -0.15) is 5.10 Å². The van der Waals surface area contributed by atoms with Crippen molar-refractivity contribution in [2.45, 2.75) is 29.8 Å². The summed E-state index contributed by atoms with van der Waals surface area (Å²) < 4.78 is 3.69. The molecule has 0 spiro atoms. The summed E-state index contributed by atoms with van der Waals surface area (Å²) in [5.74, 6) is 0. The Bertz CT molecular complexity index is 505. The zero-order chi connectivity index (χ0) is 13.1. The quantitative estimate of drug-likeness (QED) is 0.821. The third kappa shape index (κ3) is 2.73. The zero-order valence-electron chi connectivity index (χ0n) is 10.8. The number of thioether (sulfide) groups is 1. The first kappa shape index (κ1) is 13.1. The van der Waals surface area contributed by atoms with E-state index in [1.807, 2.05) is 31.1 Å². The van der Waals surface area contributed by atoms with Gasteiger partial charge in [-0.1, -0.05) is 18.7 Å². The van der Waals surface area contributed by atoms with Crippen LogP contribution in [0, 0.1) is 0 Å². The van der Waals surface area contributed by atoms with Gasteiger partial charge < -0.3 is 10.3 Å². The lowest BCUT2D eigenvalue weighted by Crippen LogP contribution is -2.25. The van der Waals surface area contributed by atoms with Gasteiger partial charge in [0.1, 0.15) is 6.33 Å². The minimum atomic E-state index is 0.0656. The Morgan fingerprint density at radius 2 is 2.22 bits per heavy atom. The number of nitrogens with two attached hydrogens (primary N) is 1. The highest BCUT2D eigenvalue weighted by molar-refractivity contribution is 7.99. The maximum Gasteiger partial charge on any atom is 0.191 e. The van der Waals surface area contributed by atoms with Crippen LogP contribution < -0.4 is 5.73 Å². The van der Waals surface area contributed by atoms with Crippen molar-refractivity contribution in [2.24, 2.45) is 19.8 Å². The van der Waals surface area contributed by atoms with Crippen LogP contribution in [0.4, 0.5) is 0 Å². The molecule has 6 nitrogen and oxygen atoms in total. The number of rotatable bonds is 5. The van der Waals surface area contributed by atoms with E-state index in [-0.39, 0.29) is 11.3 Å². The fourth-order valence-electron chi connectivity index (χ4n) is 1.70. The van der Waals surface area contributed by atoms with E-state index in [0.717, 1.165) is 17.1 Å². The zero-order valence-corrected chi connectivity index (χ0v) is 11.6. The van der Waals surface area contributed by atoms with Crippen LogP contribution in [-0.4, -0.2) is 30.6 Å². The molecule has 18 heavy (non-hydrogen) atoms. The molecular formula is C11H18N6S. The highest BCUT2D eigenvalue weighted by atomic mass is 32.2. The lowest BCUT2D eigenvalue weighted by atomic mass is 10.1. The molecule has 0 radical (unpaired) electrons. The van der Waals surface area contributed by atoms with Crippen LogP contribution in [0.2, 0.25) is 0 Å². The minimum Gasteiger partial charge on any atom is -0.326 e. The van der Waals surface area contributed by atoms with Crippen LogP contribution in [0.25, 0.3) is 0 Å². The summed E-state index contributed by atoms with van der Waals surface area (Å²) in [5, 5.41) is 13.2. The molecular weight excluding hydrogens is 248 g/mol. The van der Waals surface area contributed by atoms with Crippen molar-refractivity contribution in [1.82, 2.24) is 24.5 Å². The number of nitrogens with zero attached hydrogens (tertiary/aromatic N) is 5. The molecule has 98 valence electrons. The number of aromatic nitrogens is 5. The van der Waals surface area contributed by atoms with E-state index in [0.29, 0.717) is 0 Å². The molecule has 0 aliphatic heterocycles. The first-order valence-electron chi connectivity index (χ1n) is 5.86. The van der Waals surface area contributed by atoms with E-state index in [1.165, 1.54) is 0 Å². The van der Waals surface area contributed by atoms with Gasteiger partial charge in [-0.15, -0.1) is 10.2 Å². The molecule has 0 bridgehead atoms. The minimum absolute atomic E-state index is 0.0656. The second kappa shape index (κ2) is 5.53. The molecule has 2 rings (SSSR count). The molecule has 0 saturated carbocycles. The van der Waals surface area contributed by atoms with Gasteiger partial charge in [0, 0.05) is 31.9 Å². The second-order valence-electron chi connectivity index (χ2n) is 4.28. The summed E-state index contributed by atoms with van der Waals surface area (Å²) in [4.78, 5) is 0. The summed E-state index contributed by atoms with van der Waals surface area (Å²) in [5.41, 5.74) is 7.33. The summed E-state index contributed by atoms with van der Waals surface area (Å²) in [6.07, 6.45) is 6.47. The van der Waals surface area contributed by atoms with Gasteiger partial charge in [0.25, 0.3) is 0 Å². The Balaban J connectivity index is 2.23. The van der Waals surface area contributed by atoms with E-state index < -0.39 is 0 Å². The van der Waals surface area contributed by atoms with Crippen molar-refractivity contribution in [3.63, 3.8) is 0 Å². The van der Waals surface area contributed by atoms with E-state index in [4.69, 9.17) is 5.73 Å². The molecule has 0 saturated heterocycles. The van der Waals surface area contributed by atoms with Crippen molar-refractivity contribution >= 4 is 11.8 Å². The molecule has 0 aliphatic carbocycles. The lowest BCUT2D eigenvalue weighted by Gasteiger charge is -2.20. The number of hydrogen-bond acceptors (Lipinski definition) is 5. The van der Waals surface area contributed by atoms with Crippen LogP contribution >= 0.6 is 11.8 Å². The van der Waals surface area contributed by atoms with Gasteiger partial charge in [0.05, 0.1) is 11.4 Å². The van der Waals surface area contributed by atoms with Crippen molar-refractivity contribution < 1.29 is 0 Å². The Kier molecular flexibility index (Phi) is 4.03. The monoisotopic (exact) mass is 266 g/mol. The summed E-state index contributed by atoms with van der Waals surface area (Å²) in [7, 11) is 3.84. The molecule has 2 heterocycles. The smallest absolute Gasteiger partial charge is 0.191 e. The fraction of sp³-hybridized carbons (Fsp3) is 0.545. The third-order valence-corrected chi connectivity index (χ3v) is 4.27. The van der Waals surface area contributed by atoms with Gasteiger partial charge in [0.2, 0.25) is 0 Å². The fourth-order valence-corrected chi connectivity index (χ4v) is 2.86. The molecule has 2 unspecified atom stereocenters. The topological polar surface area (TPSA) is 74.6 Å². The first-order chi connectivity index (χ1) is 8.61. The van der Waals surface area contributed by atoms with Crippen LogP contribution in [-0.2, 0) is 14.1 Å². The van der Waals surface area contributed by atoms with Crippen molar-refractivity contribution in [1.29, 1.82) is 0 Å². The van der Waals surface area contributed by atoms with Crippen molar-refractivity contribution in [3.8, 4) is 0 Å². The second-order valence-corrected chi connectivity index (χ2v) is 5.39. The van der Waals surface area contributed by atoms with Gasteiger partial charge in [-0.05, 0) is 6.42 Å². The predicted octanol–water partition coefficient (Wildman–Crippen LogP) is 1.12. The molecule has 0 fully saturated rings. The molecule has 0 amide bonds. The van der Waals surface area contributed by atoms with Crippen molar-refractivity contribution in [3.05, 3.63) is 24.3 Å². The first-order valence-corrected chi connectivity index (χ1v) is 6.74. The maximum absolute atomic E-state index is 6.21. The summed E-state index contributed by atoms with van der Waals surface area (Å²) in [6.45, 7) is 2.09. The molecule has 2 aromatic rings. The highest BCUT2D eigenvalue weighted by Crippen LogP contribution is 2.36. The van der Waals surface area contributed by atoms with Gasteiger partial charge in [-0.3, -0.25) is 4.68 Å². The Morgan fingerprint density at radius 1 is 1.44 bits per heavy atom. The van der Waals surface area contributed by atoms with Gasteiger partial charge in [0.15, 0.2) is 5.16 Å². The molecule has 0 aromatic carbocycles. The van der Waals surface area contributed by atoms with E-state index in [1.54, 1.807) is 22.8 Å². The molecule has 2 N–H and O–H groups in total. The van der Waals surface area contributed by atoms with E-state index >= 15 is 0 Å². The molecule has 0 aliphatic rings. The van der Waals surface area contributed by atoms with Crippen LogP contribution in [0.5, 0.6) is 0 Å². The average molecular weight is 266 g/mol. The normalized spacial score (nSPS) is 14.7. The summed E-state index contributed by atoms with van der Waals surface area (Å²) >= 11 is 1.63. The Hall–Kier alpha value is -1.34. The largest absolute Gasteiger partial charge is 0.326 e. The maximum atomic E-state index is 6.21. The number of aryl methyl sites for hydroxylation is 2. The molecule has 7 heteroatoms. The number of hydrogen-bond donors (Lipinski definition) is 1.